The lowest BCUT2D eigenvalue weighted by Crippen LogP contribution is -2.29. The number of esters is 1. The fourth-order valence-corrected chi connectivity index (χ4v) is 6.63. The molecule has 3 N–H and O–H groups in total. The van der Waals surface area contributed by atoms with Gasteiger partial charge in [-0.15, -0.1) is 0 Å². The van der Waals surface area contributed by atoms with Gasteiger partial charge in [-0.25, -0.2) is 18.8 Å². The van der Waals surface area contributed by atoms with Crippen LogP contribution >= 0.6 is 23.2 Å². The Morgan fingerprint density at radius 1 is 0.932 bits per heavy atom. The van der Waals surface area contributed by atoms with Crippen LogP contribution in [0.4, 0.5) is 5.69 Å². The van der Waals surface area contributed by atoms with Crippen LogP contribution in [0.5, 0.6) is 0 Å². The molecule has 0 bridgehead atoms. The predicted octanol–water partition coefficient (Wildman–Crippen LogP) is 7.03. The third kappa shape index (κ3) is 5.74. The Morgan fingerprint density at radius 2 is 1.64 bits per heavy atom. The third-order valence-electron chi connectivity index (χ3n) is 7.16. The number of anilines is 1. The van der Waals surface area contributed by atoms with Crippen LogP contribution in [-0.2, 0) is 14.9 Å². The summed E-state index contributed by atoms with van der Waals surface area (Å²) in [5.74, 6) is -0.624. The summed E-state index contributed by atoms with van der Waals surface area (Å²) in [5.41, 5.74) is 5.73. The number of aromatic amines is 1. The van der Waals surface area contributed by atoms with Gasteiger partial charge in [-0.2, -0.15) is 8.42 Å². The number of carbonyl (C=O) groups is 1. The van der Waals surface area contributed by atoms with Crippen LogP contribution in [0.25, 0.3) is 22.4 Å². The number of hydrogen-bond donors (Lipinski definition) is 3. The summed E-state index contributed by atoms with van der Waals surface area (Å²) in [6.45, 7) is 0. The summed E-state index contributed by atoms with van der Waals surface area (Å²) in [7, 11) is -2.59. The third-order valence-corrected chi connectivity index (χ3v) is 9.01. The van der Waals surface area contributed by atoms with Crippen LogP contribution in [0.1, 0.15) is 33.2 Å². The molecule has 1 aliphatic heterocycles. The van der Waals surface area contributed by atoms with E-state index in [4.69, 9.17) is 32.9 Å². The molecule has 1 aliphatic rings. The van der Waals surface area contributed by atoms with Gasteiger partial charge >= 0.3 is 16.2 Å². The number of aliphatic hydroxyl groups is 1. The van der Waals surface area contributed by atoms with E-state index in [1.165, 1.54) is 7.11 Å². The van der Waals surface area contributed by atoms with E-state index in [9.17, 15) is 18.3 Å². The Hall–Kier alpha value is -4.77. The molecule has 9 nitrogen and oxygen atoms in total. The Morgan fingerprint density at radius 3 is 2.27 bits per heavy atom. The molecular weight excluding hydrogens is 623 g/mol. The summed E-state index contributed by atoms with van der Waals surface area (Å²) >= 11 is 12.6. The van der Waals surface area contributed by atoms with Gasteiger partial charge in [-0.3, -0.25) is 0 Å². The van der Waals surface area contributed by atoms with Gasteiger partial charge in [0.25, 0.3) is 0 Å². The van der Waals surface area contributed by atoms with Crippen molar-refractivity contribution in [1.82, 2.24) is 14.7 Å². The number of aromatic nitrogens is 2. The smallest absolute Gasteiger partial charge is 0.337 e. The van der Waals surface area contributed by atoms with E-state index in [-0.39, 0.29) is 5.92 Å². The highest BCUT2D eigenvalue weighted by Crippen LogP contribution is 2.36. The quantitative estimate of drug-likeness (QED) is 0.163. The zero-order valence-corrected chi connectivity index (χ0v) is 25.4. The van der Waals surface area contributed by atoms with Crippen LogP contribution in [0.3, 0.4) is 0 Å². The van der Waals surface area contributed by atoms with E-state index in [1.807, 2.05) is 53.3 Å². The van der Waals surface area contributed by atoms with Crippen molar-refractivity contribution < 1.29 is 23.1 Å². The van der Waals surface area contributed by atoms with Crippen molar-refractivity contribution >= 4 is 45.1 Å². The second kappa shape index (κ2) is 11.7. The Bertz CT molecular complexity index is 2010. The number of methoxy groups -OCH3 is 1. The van der Waals surface area contributed by atoms with E-state index in [0.717, 1.165) is 38.3 Å². The van der Waals surface area contributed by atoms with Gasteiger partial charge < -0.3 is 14.8 Å². The van der Waals surface area contributed by atoms with Crippen LogP contribution in [0.15, 0.2) is 109 Å². The van der Waals surface area contributed by atoms with Crippen LogP contribution in [-0.4, -0.2) is 36.6 Å². The molecular formula is C32H24Cl2N4O5S. The molecule has 0 fully saturated rings. The molecule has 0 radical (unpaired) electrons. The summed E-state index contributed by atoms with van der Waals surface area (Å²) in [6, 6.07) is 27.2. The molecule has 4 aromatic carbocycles. The van der Waals surface area contributed by atoms with Gasteiger partial charge in [-0.05, 0) is 64.7 Å². The van der Waals surface area contributed by atoms with E-state index >= 15 is 0 Å². The molecule has 5 aromatic rings. The lowest BCUT2D eigenvalue weighted by molar-refractivity contribution is 0.0600. The second-order valence-electron chi connectivity index (χ2n) is 9.94. The first-order valence-corrected chi connectivity index (χ1v) is 15.4. The minimum atomic E-state index is -3.93. The number of nitrogens with zero attached hydrogens (tertiary/aromatic N) is 2. The predicted molar refractivity (Wildman–Crippen MR) is 170 cm³/mol. The van der Waals surface area contributed by atoms with E-state index in [0.29, 0.717) is 32.8 Å². The molecule has 6 rings (SSSR count). The number of imidazole rings is 1. The number of halogens is 2. The highest BCUT2D eigenvalue weighted by molar-refractivity contribution is 7.91. The van der Waals surface area contributed by atoms with Crippen molar-refractivity contribution in [3.8, 4) is 22.4 Å². The normalized spacial score (nSPS) is 14.5. The SMILES string of the molecule is COC(=O)c1cccc(-c2ccc(C(c3ccc(N4C=C(O)NS4(=O)=O)cc3)c3ncc(-c4ccc(Cl)cc4Cl)[nH]3)cc2)c1. The van der Waals surface area contributed by atoms with Gasteiger partial charge in [-0.1, -0.05) is 71.7 Å². The Balaban J connectivity index is 1.39. The number of rotatable bonds is 7. The van der Waals surface area contributed by atoms with Gasteiger partial charge in [0.1, 0.15) is 5.82 Å². The molecule has 222 valence electrons. The molecule has 0 saturated heterocycles. The fourth-order valence-electron chi connectivity index (χ4n) is 5.06. The van der Waals surface area contributed by atoms with Crippen molar-refractivity contribution in [3.05, 3.63) is 142 Å². The first kappa shape index (κ1) is 29.3. The van der Waals surface area contributed by atoms with Gasteiger partial charge in [0.2, 0.25) is 5.88 Å². The molecule has 1 atom stereocenters. The average Bonchev–Trinajstić information content (AvgIpc) is 3.60. The standard InChI is InChI=1S/C32H24Cl2N4O5S/c1-43-32(40)23-4-2-3-22(15-23)19-5-7-20(8-6-19)30(31-35-17-28(36-31)26-14-11-24(33)16-27(26)34)21-9-12-25(13-10-21)38-18-29(39)37-44(38,41)42/h2-18,30,37,39H,1H3,(H,35,36). The maximum atomic E-state index is 12.4. The number of H-pyrrole nitrogens is 1. The zero-order valence-electron chi connectivity index (χ0n) is 23.0. The zero-order chi connectivity index (χ0) is 31.0. The maximum Gasteiger partial charge on any atom is 0.337 e. The Kier molecular flexibility index (Phi) is 7.81. The van der Waals surface area contributed by atoms with Crippen LogP contribution in [0.2, 0.25) is 10.0 Å². The van der Waals surface area contributed by atoms with Gasteiger partial charge in [0, 0.05) is 10.6 Å². The fraction of sp³-hybridized carbons (Fsp3) is 0.0625. The number of carbonyl (C=O) groups excluding carboxylic acids is 1. The molecule has 0 aliphatic carbocycles. The Labute approximate surface area is 263 Å². The minimum Gasteiger partial charge on any atom is -0.493 e. The highest BCUT2D eigenvalue weighted by atomic mass is 35.5. The lowest BCUT2D eigenvalue weighted by Gasteiger charge is -2.19. The molecule has 1 aromatic heterocycles. The minimum absolute atomic E-state index is 0.345. The van der Waals surface area contributed by atoms with Crippen molar-refractivity contribution in [2.24, 2.45) is 0 Å². The molecule has 44 heavy (non-hydrogen) atoms. The molecule has 1 unspecified atom stereocenters. The van der Waals surface area contributed by atoms with E-state index in [2.05, 4.69) is 4.98 Å². The van der Waals surface area contributed by atoms with Crippen molar-refractivity contribution in [2.75, 3.05) is 11.4 Å². The van der Waals surface area contributed by atoms with Crippen molar-refractivity contribution in [1.29, 1.82) is 0 Å². The molecule has 2 heterocycles. The van der Waals surface area contributed by atoms with E-state index < -0.39 is 22.1 Å². The molecule has 0 spiro atoms. The van der Waals surface area contributed by atoms with Gasteiger partial charge in [0.05, 0.1) is 47.4 Å². The van der Waals surface area contributed by atoms with Crippen molar-refractivity contribution in [2.45, 2.75) is 5.92 Å². The second-order valence-corrected chi connectivity index (χ2v) is 12.3. The van der Waals surface area contributed by atoms with Crippen LogP contribution in [0, 0.1) is 0 Å². The number of ether oxygens (including phenoxy) is 1. The molecule has 0 saturated carbocycles. The average molecular weight is 648 g/mol. The van der Waals surface area contributed by atoms with Gasteiger partial charge in [0.15, 0.2) is 0 Å². The molecule has 0 amide bonds. The van der Waals surface area contributed by atoms with Crippen LogP contribution < -0.4 is 9.03 Å². The first-order valence-electron chi connectivity index (χ1n) is 13.2. The maximum absolute atomic E-state index is 12.4. The lowest BCUT2D eigenvalue weighted by atomic mass is 9.89. The number of aliphatic hydroxyl groups excluding tert-OH is 1. The highest BCUT2D eigenvalue weighted by Gasteiger charge is 2.29. The number of nitrogens with one attached hydrogen (secondary N) is 2. The summed E-state index contributed by atoms with van der Waals surface area (Å²) < 4.78 is 32.6. The number of hydrogen-bond acceptors (Lipinski definition) is 6. The topological polar surface area (TPSA) is 125 Å². The summed E-state index contributed by atoms with van der Waals surface area (Å²) in [5, 5.41) is 10.7. The largest absolute Gasteiger partial charge is 0.493 e. The summed E-state index contributed by atoms with van der Waals surface area (Å²) in [6.07, 6.45) is 2.80. The molecule has 12 heteroatoms. The monoisotopic (exact) mass is 646 g/mol. The van der Waals surface area contributed by atoms with E-state index in [1.54, 1.807) is 48.7 Å². The van der Waals surface area contributed by atoms with Crippen molar-refractivity contribution in [3.63, 3.8) is 0 Å². The summed E-state index contributed by atoms with van der Waals surface area (Å²) in [4.78, 5) is 20.2. The first-order chi connectivity index (χ1) is 21.1. The number of benzene rings is 4.